The van der Waals surface area contributed by atoms with E-state index in [0.29, 0.717) is 12.8 Å². The molecule has 0 aliphatic rings. The first-order chi connectivity index (χ1) is 10.5. The van der Waals surface area contributed by atoms with E-state index in [-0.39, 0.29) is 13.2 Å². The number of aliphatic hydroxyl groups excluding tert-OH is 2. The van der Waals surface area contributed by atoms with E-state index in [2.05, 4.69) is 13.8 Å². The van der Waals surface area contributed by atoms with Crippen LogP contribution in [0.15, 0.2) is 0 Å². The van der Waals surface area contributed by atoms with Gasteiger partial charge < -0.3 is 19.7 Å². The van der Waals surface area contributed by atoms with E-state index in [1.807, 2.05) is 0 Å². The summed E-state index contributed by atoms with van der Waals surface area (Å²) >= 11 is 0. The van der Waals surface area contributed by atoms with Crippen molar-refractivity contribution in [1.29, 1.82) is 0 Å². The van der Waals surface area contributed by atoms with Crippen LogP contribution >= 0.6 is 0 Å². The number of unbranched alkanes of at least 4 members (excludes halogenated alkanes) is 6. The summed E-state index contributed by atoms with van der Waals surface area (Å²) in [6.07, 6.45) is 3.71. The summed E-state index contributed by atoms with van der Waals surface area (Å²) in [4.78, 5) is 23.0. The summed E-state index contributed by atoms with van der Waals surface area (Å²) in [6.45, 7) is 4.49. The molecule has 1 unspecified atom stereocenters. The maximum atomic E-state index is 11.5. The Morgan fingerprint density at radius 1 is 0.727 bits per heavy atom. The molecule has 0 aromatic carbocycles. The van der Waals surface area contributed by atoms with Crippen LogP contribution < -0.4 is 0 Å². The zero-order chi connectivity index (χ0) is 16.8. The number of hydrogen-bond donors (Lipinski definition) is 2. The maximum absolute atomic E-state index is 11.5. The third-order valence-electron chi connectivity index (χ3n) is 3.27. The molecule has 0 radical (unpaired) electrons. The summed E-state index contributed by atoms with van der Waals surface area (Å²) in [5, 5.41) is 19.1. The molecule has 0 heterocycles. The molecule has 0 saturated heterocycles. The summed E-state index contributed by atoms with van der Waals surface area (Å²) in [5.74, 6) is -1.99. The van der Waals surface area contributed by atoms with Crippen molar-refractivity contribution in [3.8, 4) is 0 Å². The monoisotopic (exact) mass is 318 g/mol. The highest BCUT2D eigenvalue weighted by Gasteiger charge is 2.32. The summed E-state index contributed by atoms with van der Waals surface area (Å²) < 4.78 is 9.65. The van der Waals surface area contributed by atoms with Crippen LogP contribution in [0.4, 0.5) is 0 Å². The third-order valence-corrected chi connectivity index (χ3v) is 3.27. The minimum Gasteiger partial charge on any atom is -0.464 e. The van der Waals surface area contributed by atoms with Crippen molar-refractivity contribution in [2.24, 2.45) is 0 Å². The Bertz CT molecular complexity index is 275. The molecular weight excluding hydrogens is 288 g/mol. The lowest BCUT2D eigenvalue weighted by Gasteiger charge is -2.16. The number of carbonyl (C=O) groups is 2. The Morgan fingerprint density at radius 2 is 1.09 bits per heavy atom. The van der Waals surface area contributed by atoms with E-state index < -0.39 is 24.1 Å². The van der Waals surface area contributed by atoms with Crippen LogP contribution in [-0.4, -0.2) is 47.6 Å². The molecule has 2 N–H and O–H groups in total. The van der Waals surface area contributed by atoms with Gasteiger partial charge in [-0.15, -0.1) is 0 Å². The number of ether oxygens (including phenoxy) is 2. The molecule has 0 aliphatic carbocycles. The highest BCUT2D eigenvalue weighted by atomic mass is 16.6. The van der Waals surface area contributed by atoms with Crippen molar-refractivity contribution < 1.29 is 29.3 Å². The van der Waals surface area contributed by atoms with Gasteiger partial charge in [0.2, 0.25) is 0 Å². The highest BCUT2D eigenvalue weighted by Crippen LogP contribution is 2.04. The number of aliphatic hydroxyl groups is 2. The van der Waals surface area contributed by atoms with E-state index in [4.69, 9.17) is 9.47 Å². The van der Waals surface area contributed by atoms with E-state index >= 15 is 0 Å². The molecule has 0 spiro atoms. The quantitative estimate of drug-likeness (QED) is 0.398. The van der Waals surface area contributed by atoms with Gasteiger partial charge in [0.25, 0.3) is 0 Å². The van der Waals surface area contributed by atoms with E-state index in [9.17, 15) is 19.8 Å². The Kier molecular flexibility index (Phi) is 12.8. The molecule has 0 bridgehead atoms. The number of carbonyl (C=O) groups excluding carboxylic acids is 2. The van der Waals surface area contributed by atoms with Crippen LogP contribution in [0.5, 0.6) is 0 Å². The molecule has 130 valence electrons. The molecular formula is C16H30O6. The second kappa shape index (κ2) is 13.5. The molecule has 22 heavy (non-hydrogen) atoms. The Labute approximate surface area is 132 Å². The fraction of sp³-hybridized carbons (Fsp3) is 0.875. The van der Waals surface area contributed by atoms with E-state index in [1.54, 1.807) is 0 Å². The highest BCUT2D eigenvalue weighted by molar-refractivity contribution is 5.85. The molecule has 2 atom stereocenters. The zero-order valence-corrected chi connectivity index (χ0v) is 13.8. The van der Waals surface area contributed by atoms with Crippen molar-refractivity contribution in [2.75, 3.05) is 13.2 Å². The number of hydrogen-bond acceptors (Lipinski definition) is 6. The van der Waals surface area contributed by atoms with Crippen LogP contribution in [0.2, 0.25) is 0 Å². The molecule has 0 aliphatic heterocycles. The summed E-state index contributed by atoms with van der Waals surface area (Å²) in [6, 6.07) is 0. The Hall–Kier alpha value is -1.14. The second-order valence-corrected chi connectivity index (χ2v) is 5.35. The topological polar surface area (TPSA) is 93.1 Å². The predicted molar refractivity (Wildman–Crippen MR) is 82.2 cm³/mol. The van der Waals surface area contributed by atoms with Gasteiger partial charge in [-0.25, -0.2) is 9.59 Å². The van der Waals surface area contributed by atoms with Crippen LogP contribution in [-0.2, 0) is 19.1 Å². The third kappa shape index (κ3) is 9.73. The molecule has 6 heteroatoms. The first-order valence-electron chi connectivity index (χ1n) is 8.24. The molecule has 0 fully saturated rings. The molecule has 0 aromatic rings. The smallest absolute Gasteiger partial charge is 0.338 e. The van der Waals surface area contributed by atoms with Gasteiger partial charge >= 0.3 is 11.9 Å². The van der Waals surface area contributed by atoms with Crippen LogP contribution in [0, 0.1) is 0 Å². The van der Waals surface area contributed by atoms with Crippen molar-refractivity contribution >= 4 is 11.9 Å². The van der Waals surface area contributed by atoms with E-state index in [1.165, 1.54) is 0 Å². The predicted octanol–water partition coefficient (Wildman–Crippen LogP) is 1.96. The van der Waals surface area contributed by atoms with Gasteiger partial charge in [-0.3, -0.25) is 0 Å². The lowest BCUT2D eigenvalue weighted by atomic mass is 10.2. The van der Waals surface area contributed by atoms with Crippen LogP contribution in [0.1, 0.15) is 65.2 Å². The van der Waals surface area contributed by atoms with Crippen molar-refractivity contribution in [2.45, 2.75) is 77.4 Å². The number of esters is 2. The molecule has 0 rings (SSSR count). The minimum atomic E-state index is -1.89. The van der Waals surface area contributed by atoms with Crippen LogP contribution in [0.25, 0.3) is 0 Å². The standard InChI is InChI=1S/C16H30O6/c1-3-5-7-9-11-21-15(19)13(17)14(18)16(20)22-12-10-8-6-4-2/h13-14,17-18H,3-12H2,1-2H3/t13-,14?/m1/s1. The van der Waals surface area contributed by atoms with Crippen molar-refractivity contribution in [3.63, 3.8) is 0 Å². The van der Waals surface area contributed by atoms with Gasteiger partial charge in [-0.05, 0) is 12.8 Å². The largest absolute Gasteiger partial charge is 0.464 e. The van der Waals surface area contributed by atoms with Gasteiger partial charge in [0.15, 0.2) is 12.2 Å². The van der Waals surface area contributed by atoms with Crippen molar-refractivity contribution in [1.82, 2.24) is 0 Å². The van der Waals surface area contributed by atoms with Crippen molar-refractivity contribution in [3.05, 3.63) is 0 Å². The fourth-order valence-corrected chi connectivity index (χ4v) is 1.83. The first kappa shape index (κ1) is 20.9. The second-order valence-electron chi connectivity index (χ2n) is 5.35. The van der Waals surface area contributed by atoms with E-state index in [0.717, 1.165) is 38.5 Å². The Morgan fingerprint density at radius 3 is 1.41 bits per heavy atom. The minimum absolute atomic E-state index is 0.175. The lowest BCUT2D eigenvalue weighted by molar-refractivity contribution is -0.173. The molecule has 0 saturated carbocycles. The molecule has 0 aromatic heterocycles. The Balaban J connectivity index is 3.88. The average molecular weight is 318 g/mol. The van der Waals surface area contributed by atoms with Gasteiger partial charge in [0.1, 0.15) is 0 Å². The van der Waals surface area contributed by atoms with Crippen LogP contribution in [0.3, 0.4) is 0 Å². The fourth-order valence-electron chi connectivity index (χ4n) is 1.83. The molecule has 0 amide bonds. The van der Waals surface area contributed by atoms with Gasteiger partial charge in [0, 0.05) is 0 Å². The summed E-state index contributed by atoms with van der Waals surface area (Å²) in [7, 11) is 0. The van der Waals surface area contributed by atoms with Gasteiger partial charge in [0.05, 0.1) is 13.2 Å². The average Bonchev–Trinajstić information content (AvgIpc) is 2.52. The zero-order valence-electron chi connectivity index (χ0n) is 13.8. The number of rotatable bonds is 13. The molecule has 6 nitrogen and oxygen atoms in total. The summed E-state index contributed by atoms with van der Waals surface area (Å²) in [5.41, 5.74) is 0. The lowest BCUT2D eigenvalue weighted by Crippen LogP contribution is -2.41. The van der Waals surface area contributed by atoms with Gasteiger partial charge in [-0.1, -0.05) is 52.4 Å². The first-order valence-corrected chi connectivity index (χ1v) is 8.24. The maximum Gasteiger partial charge on any atom is 0.338 e. The normalized spacial score (nSPS) is 13.5. The van der Waals surface area contributed by atoms with Gasteiger partial charge in [-0.2, -0.15) is 0 Å². The SMILES string of the molecule is CCCCCCOC(=O)C(O)[C@@H](O)C(=O)OCCCCCC.